The summed E-state index contributed by atoms with van der Waals surface area (Å²) >= 11 is 1.48. The van der Waals surface area contributed by atoms with E-state index in [1.165, 1.54) is 18.9 Å². The van der Waals surface area contributed by atoms with Crippen molar-refractivity contribution in [3.63, 3.8) is 0 Å². The quantitative estimate of drug-likeness (QED) is 0.490. The Kier molecular flexibility index (Phi) is 4.67. The van der Waals surface area contributed by atoms with Gasteiger partial charge in [0, 0.05) is 11.4 Å². The number of ether oxygens (including phenoxy) is 1. The molecule has 0 radical (unpaired) electrons. The second-order valence-electron chi connectivity index (χ2n) is 4.76. The molecule has 2 rings (SSSR count). The molecule has 0 N–H and O–H groups in total. The van der Waals surface area contributed by atoms with Crippen LogP contribution in [0.2, 0.25) is 0 Å². The lowest BCUT2D eigenvalue weighted by Crippen LogP contribution is -2.00. The summed E-state index contributed by atoms with van der Waals surface area (Å²) in [6.07, 6.45) is 0. The summed E-state index contributed by atoms with van der Waals surface area (Å²) in [4.78, 5) is 20.4. The number of carbonyl (C=O) groups is 1. The van der Waals surface area contributed by atoms with Gasteiger partial charge < -0.3 is 9.15 Å². The van der Waals surface area contributed by atoms with E-state index >= 15 is 0 Å². The average Bonchev–Trinajstić information content (AvgIpc) is 2.82. The fraction of sp³-hybridized carbons (Fsp3) is 0.400. The molecule has 0 atom stereocenters. The lowest BCUT2D eigenvalue weighted by atomic mass is 10.2. The molecule has 2 heterocycles. The minimum atomic E-state index is -0.384. The second kappa shape index (κ2) is 6.30. The molecule has 112 valence electrons. The van der Waals surface area contributed by atoms with E-state index in [0.717, 1.165) is 17.0 Å². The van der Waals surface area contributed by atoms with E-state index in [0.29, 0.717) is 28.0 Å². The Hall–Kier alpha value is -1.82. The Morgan fingerprint density at radius 2 is 1.86 bits per heavy atom. The van der Waals surface area contributed by atoms with Crippen LogP contribution in [0, 0.1) is 27.7 Å². The summed E-state index contributed by atoms with van der Waals surface area (Å²) in [6, 6.07) is 1.71. The van der Waals surface area contributed by atoms with Crippen molar-refractivity contribution in [2.75, 3.05) is 7.11 Å². The first-order chi connectivity index (χ1) is 9.92. The van der Waals surface area contributed by atoms with Crippen LogP contribution in [0.1, 0.15) is 38.8 Å². The van der Waals surface area contributed by atoms with Crippen LogP contribution < -0.4 is 0 Å². The van der Waals surface area contributed by atoms with E-state index in [1.54, 1.807) is 13.0 Å². The third-order valence-corrected chi connectivity index (χ3v) is 4.20. The maximum absolute atomic E-state index is 11.5. The number of aryl methyl sites for hydroxylation is 3. The van der Waals surface area contributed by atoms with Crippen LogP contribution in [0.25, 0.3) is 0 Å². The number of thioether (sulfide) groups is 1. The van der Waals surface area contributed by atoms with E-state index in [-0.39, 0.29) is 5.97 Å². The minimum absolute atomic E-state index is 0.384. The van der Waals surface area contributed by atoms with Gasteiger partial charge in [-0.05, 0) is 39.3 Å². The Labute approximate surface area is 128 Å². The molecule has 0 aliphatic carbocycles. The highest BCUT2D eigenvalue weighted by Gasteiger charge is 2.16. The van der Waals surface area contributed by atoms with Gasteiger partial charge in [0.25, 0.3) is 0 Å². The van der Waals surface area contributed by atoms with Crippen molar-refractivity contribution in [3.8, 4) is 0 Å². The first-order valence-electron chi connectivity index (χ1n) is 6.54. The molecule has 0 fully saturated rings. The van der Waals surface area contributed by atoms with Crippen LogP contribution in [-0.2, 0) is 10.5 Å². The molecule has 0 spiro atoms. The second-order valence-corrected chi connectivity index (χ2v) is 5.71. The zero-order valence-electron chi connectivity index (χ0n) is 12.8. The maximum atomic E-state index is 11.5. The van der Waals surface area contributed by atoms with Crippen LogP contribution in [0.3, 0.4) is 0 Å². The van der Waals surface area contributed by atoms with Gasteiger partial charge in [0.1, 0.15) is 17.1 Å². The highest BCUT2D eigenvalue weighted by Crippen LogP contribution is 2.24. The van der Waals surface area contributed by atoms with Crippen LogP contribution in [0.5, 0.6) is 0 Å². The Bertz CT molecular complexity index is 657. The number of nitrogens with zero attached hydrogens (tertiary/aromatic N) is 2. The molecule has 0 amide bonds. The van der Waals surface area contributed by atoms with Crippen molar-refractivity contribution < 1.29 is 13.9 Å². The summed E-state index contributed by atoms with van der Waals surface area (Å²) in [5.41, 5.74) is 3.54. The zero-order valence-corrected chi connectivity index (χ0v) is 13.6. The van der Waals surface area contributed by atoms with Crippen LogP contribution in [0.4, 0.5) is 0 Å². The van der Waals surface area contributed by atoms with E-state index in [1.807, 2.05) is 20.8 Å². The summed E-state index contributed by atoms with van der Waals surface area (Å²) in [5, 5.41) is 0.712. The standard InChI is InChI=1S/C15H18N2O3S/c1-8-9(2)16-15(17-10(8)3)21-7-12-6-13(11(4)20-12)14(18)19-5/h6H,7H2,1-5H3. The maximum Gasteiger partial charge on any atom is 0.341 e. The third kappa shape index (κ3) is 3.44. The zero-order chi connectivity index (χ0) is 15.6. The number of methoxy groups -OCH3 is 1. The van der Waals surface area contributed by atoms with Gasteiger partial charge in [-0.15, -0.1) is 0 Å². The van der Waals surface area contributed by atoms with Gasteiger partial charge in [0.15, 0.2) is 5.16 Å². The molecule has 0 unspecified atom stereocenters. The molecular weight excluding hydrogens is 288 g/mol. The number of rotatable bonds is 4. The Morgan fingerprint density at radius 1 is 1.24 bits per heavy atom. The Morgan fingerprint density at radius 3 is 2.43 bits per heavy atom. The molecular formula is C15H18N2O3S. The monoisotopic (exact) mass is 306 g/mol. The lowest BCUT2D eigenvalue weighted by molar-refractivity contribution is 0.0599. The van der Waals surface area contributed by atoms with Crippen molar-refractivity contribution in [3.05, 3.63) is 40.1 Å². The topological polar surface area (TPSA) is 65.2 Å². The summed E-state index contributed by atoms with van der Waals surface area (Å²) < 4.78 is 10.3. The van der Waals surface area contributed by atoms with E-state index in [2.05, 4.69) is 9.97 Å². The van der Waals surface area contributed by atoms with Crippen LogP contribution in [-0.4, -0.2) is 23.0 Å². The summed E-state index contributed by atoms with van der Waals surface area (Å²) in [6.45, 7) is 7.70. The first-order valence-corrected chi connectivity index (χ1v) is 7.53. The van der Waals surface area contributed by atoms with E-state index < -0.39 is 0 Å². The normalized spacial score (nSPS) is 10.7. The molecule has 6 heteroatoms. The molecule has 0 aliphatic rings. The van der Waals surface area contributed by atoms with Gasteiger partial charge in [-0.3, -0.25) is 0 Å². The molecule has 2 aromatic heterocycles. The fourth-order valence-electron chi connectivity index (χ4n) is 1.87. The van der Waals surface area contributed by atoms with Crippen LogP contribution in [0.15, 0.2) is 15.6 Å². The molecule has 0 saturated carbocycles. The molecule has 0 aromatic carbocycles. The van der Waals surface area contributed by atoms with Gasteiger partial charge in [-0.1, -0.05) is 11.8 Å². The minimum Gasteiger partial charge on any atom is -0.465 e. The molecule has 0 bridgehead atoms. The first kappa shape index (κ1) is 15.6. The number of carbonyl (C=O) groups excluding carboxylic acids is 1. The van der Waals surface area contributed by atoms with E-state index in [9.17, 15) is 4.79 Å². The largest absolute Gasteiger partial charge is 0.465 e. The lowest BCUT2D eigenvalue weighted by Gasteiger charge is -2.05. The van der Waals surface area contributed by atoms with Crippen LogP contribution >= 0.6 is 11.8 Å². The number of esters is 1. The van der Waals surface area contributed by atoms with Crippen molar-refractivity contribution in [2.45, 2.75) is 38.6 Å². The molecule has 21 heavy (non-hydrogen) atoms. The van der Waals surface area contributed by atoms with E-state index in [4.69, 9.17) is 9.15 Å². The highest BCUT2D eigenvalue weighted by atomic mass is 32.2. The number of hydrogen-bond donors (Lipinski definition) is 0. The van der Waals surface area contributed by atoms with Crippen molar-refractivity contribution in [2.24, 2.45) is 0 Å². The van der Waals surface area contributed by atoms with Gasteiger partial charge in [0.05, 0.1) is 12.9 Å². The molecule has 0 saturated heterocycles. The predicted octanol–water partition coefficient (Wildman–Crippen LogP) is 3.38. The third-order valence-electron chi connectivity index (χ3n) is 3.33. The summed E-state index contributed by atoms with van der Waals surface area (Å²) in [5.74, 6) is 1.46. The fourth-order valence-corrected chi connectivity index (χ4v) is 2.69. The Balaban J connectivity index is 2.12. The number of furan rings is 1. The number of hydrogen-bond acceptors (Lipinski definition) is 6. The molecule has 5 nitrogen and oxygen atoms in total. The molecule has 0 aliphatic heterocycles. The van der Waals surface area contributed by atoms with Crippen molar-refractivity contribution >= 4 is 17.7 Å². The van der Waals surface area contributed by atoms with Gasteiger partial charge in [0.2, 0.25) is 0 Å². The average molecular weight is 306 g/mol. The SMILES string of the molecule is COC(=O)c1cc(CSc2nc(C)c(C)c(C)n2)oc1C. The highest BCUT2D eigenvalue weighted by molar-refractivity contribution is 7.98. The van der Waals surface area contributed by atoms with Crippen molar-refractivity contribution in [1.29, 1.82) is 0 Å². The van der Waals surface area contributed by atoms with Gasteiger partial charge >= 0.3 is 5.97 Å². The summed E-state index contributed by atoms with van der Waals surface area (Å²) in [7, 11) is 1.36. The van der Waals surface area contributed by atoms with Crippen molar-refractivity contribution in [1.82, 2.24) is 9.97 Å². The van der Waals surface area contributed by atoms with Gasteiger partial charge in [-0.25, -0.2) is 14.8 Å². The van der Waals surface area contributed by atoms with Gasteiger partial charge in [-0.2, -0.15) is 0 Å². The smallest absolute Gasteiger partial charge is 0.341 e. The molecule has 2 aromatic rings. The number of aromatic nitrogens is 2. The predicted molar refractivity (Wildman–Crippen MR) is 80.6 cm³/mol.